The van der Waals surface area contributed by atoms with Gasteiger partial charge in [0.2, 0.25) is 5.82 Å². The first-order chi connectivity index (χ1) is 8.90. The van der Waals surface area contributed by atoms with Gasteiger partial charge in [0.1, 0.15) is 0 Å². The Kier molecular flexibility index (Phi) is 3.48. The molecule has 1 N–H and O–H groups in total. The molecule has 0 atom stereocenters. The third-order valence-electron chi connectivity index (χ3n) is 2.41. The summed E-state index contributed by atoms with van der Waals surface area (Å²) < 4.78 is 39.4. The fourth-order valence-corrected chi connectivity index (χ4v) is 1.65. The molecule has 0 radical (unpaired) electrons. The molecule has 2 rings (SSSR count). The maximum absolute atomic E-state index is 13.2. The van der Waals surface area contributed by atoms with Gasteiger partial charge in [0.05, 0.1) is 6.54 Å². The van der Waals surface area contributed by atoms with Crippen LogP contribution >= 0.6 is 11.6 Å². The zero-order chi connectivity index (χ0) is 14.2. The van der Waals surface area contributed by atoms with Gasteiger partial charge in [-0.25, -0.2) is 13.6 Å². The van der Waals surface area contributed by atoms with E-state index in [1.807, 2.05) is 4.98 Å². The number of nitrogens with zero attached hydrogens (tertiary/aromatic N) is 1. The molecule has 0 unspecified atom stereocenters. The fourth-order valence-electron chi connectivity index (χ4n) is 1.49. The Bertz CT molecular complexity index is 755. The second-order valence-electron chi connectivity index (χ2n) is 3.70. The Morgan fingerprint density at radius 3 is 2.47 bits per heavy atom. The van der Waals surface area contributed by atoms with E-state index in [4.69, 9.17) is 11.6 Å². The molecule has 1 aromatic heterocycles. The molecular weight excluding hydrogens is 285 g/mol. The van der Waals surface area contributed by atoms with Crippen LogP contribution in [0, 0.1) is 17.5 Å². The Morgan fingerprint density at radius 2 is 1.84 bits per heavy atom. The highest BCUT2D eigenvalue weighted by atomic mass is 35.5. The van der Waals surface area contributed by atoms with Gasteiger partial charge >= 0.3 is 5.69 Å². The van der Waals surface area contributed by atoms with Crippen LogP contribution in [0.2, 0.25) is 5.15 Å². The average Bonchev–Trinajstić information content (AvgIpc) is 2.36. The highest BCUT2D eigenvalue weighted by Gasteiger charge is 2.13. The van der Waals surface area contributed by atoms with E-state index in [0.29, 0.717) is 4.57 Å². The van der Waals surface area contributed by atoms with Gasteiger partial charge in [-0.3, -0.25) is 14.3 Å². The monoisotopic (exact) mass is 290 g/mol. The SMILES string of the molecule is O=c1[nH]c(Cl)c(F)c(=O)n1Cc1ccc(F)c(F)c1. The predicted molar refractivity (Wildman–Crippen MR) is 61.8 cm³/mol. The summed E-state index contributed by atoms with van der Waals surface area (Å²) in [5, 5.41) is -0.698. The average molecular weight is 291 g/mol. The lowest BCUT2D eigenvalue weighted by Gasteiger charge is -2.06. The zero-order valence-electron chi connectivity index (χ0n) is 9.21. The fraction of sp³-hybridized carbons (Fsp3) is 0.0909. The molecule has 0 fully saturated rings. The smallest absolute Gasteiger partial charge is 0.295 e. The molecule has 1 aromatic carbocycles. The molecule has 0 bridgehead atoms. The van der Waals surface area contributed by atoms with E-state index >= 15 is 0 Å². The molecule has 0 aliphatic rings. The van der Waals surface area contributed by atoms with Gasteiger partial charge in [0, 0.05) is 0 Å². The molecular formula is C11H6ClF3N2O2. The van der Waals surface area contributed by atoms with Gasteiger partial charge in [-0.1, -0.05) is 17.7 Å². The van der Waals surface area contributed by atoms with Crippen LogP contribution < -0.4 is 11.2 Å². The summed E-state index contributed by atoms with van der Waals surface area (Å²) in [5.41, 5.74) is -2.05. The standard InChI is InChI=1S/C11H6ClF3N2O2/c12-9-8(15)10(18)17(11(19)16-9)4-5-1-2-6(13)7(14)3-5/h1-3H,4H2,(H,16,19). The van der Waals surface area contributed by atoms with Gasteiger partial charge in [-0.15, -0.1) is 0 Å². The second-order valence-corrected chi connectivity index (χ2v) is 4.08. The number of halogens is 4. The summed E-state index contributed by atoms with van der Waals surface area (Å²) in [4.78, 5) is 24.9. The zero-order valence-corrected chi connectivity index (χ0v) is 9.97. The molecule has 0 aliphatic carbocycles. The maximum Gasteiger partial charge on any atom is 0.329 e. The van der Waals surface area contributed by atoms with Gasteiger partial charge in [0.25, 0.3) is 5.56 Å². The number of hydrogen-bond acceptors (Lipinski definition) is 2. The first-order valence-corrected chi connectivity index (χ1v) is 5.40. The number of aromatic amines is 1. The quantitative estimate of drug-likeness (QED) is 0.855. The number of nitrogens with one attached hydrogen (secondary N) is 1. The normalized spacial score (nSPS) is 10.7. The van der Waals surface area contributed by atoms with Crippen molar-refractivity contribution in [2.24, 2.45) is 0 Å². The molecule has 0 spiro atoms. The highest BCUT2D eigenvalue weighted by Crippen LogP contribution is 2.09. The third-order valence-corrected chi connectivity index (χ3v) is 2.67. The summed E-state index contributed by atoms with van der Waals surface area (Å²) in [6.45, 7) is -0.403. The van der Waals surface area contributed by atoms with Crippen LogP contribution in [0.3, 0.4) is 0 Å². The third kappa shape index (κ3) is 2.55. The summed E-state index contributed by atoms with van der Waals surface area (Å²) >= 11 is 5.29. The summed E-state index contributed by atoms with van der Waals surface area (Å²) in [6, 6.07) is 2.83. The first kappa shape index (κ1) is 13.4. The van der Waals surface area contributed by atoms with E-state index in [2.05, 4.69) is 0 Å². The summed E-state index contributed by atoms with van der Waals surface area (Å²) in [7, 11) is 0. The summed E-state index contributed by atoms with van der Waals surface area (Å²) in [5.74, 6) is -3.51. The van der Waals surface area contributed by atoms with Crippen LogP contribution in [0.5, 0.6) is 0 Å². The number of rotatable bonds is 2. The topological polar surface area (TPSA) is 54.9 Å². The van der Waals surface area contributed by atoms with Crippen molar-refractivity contribution in [3.63, 3.8) is 0 Å². The van der Waals surface area contributed by atoms with Crippen LogP contribution in [0.15, 0.2) is 27.8 Å². The largest absolute Gasteiger partial charge is 0.329 e. The molecule has 0 saturated heterocycles. The molecule has 1 heterocycles. The second kappa shape index (κ2) is 4.93. The van der Waals surface area contributed by atoms with Gasteiger partial charge in [0.15, 0.2) is 16.8 Å². The van der Waals surface area contributed by atoms with Gasteiger partial charge < -0.3 is 0 Å². The molecule has 8 heteroatoms. The minimum Gasteiger partial charge on any atom is -0.295 e. The molecule has 19 heavy (non-hydrogen) atoms. The number of H-pyrrole nitrogens is 1. The van der Waals surface area contributed by atoms with Gasteiger partial charge in [-0.2, -0.15) is 4.39 Å². The minimum atomic E-state index is -1.32. The van der Waals surface area contributed by atoms with Crippen LogP contribution in [-0.2, 0) is 6.54 Å². The predicted octanol–water partition coefficient (Wildman–Crippen LogP) is 1.66. The summed E-state index contributed by atoms with van der Waals surface area (Å²) in [6.07, 6.45) is 0. The van der Waals surface area contributed by atoms with Crippen LogP contribution in [0.1, 0.15) is 5.56 Å². The van der Waals surface area contributed by atoms with E-state index in [1.54, 1.807) is 0 Å². The van der Waals surface area contributed by atoms with E-state index in [0.717, 1.165) is 12.1 Å². The van der Waals surface area contributed by atoms with E-state index in [1.165, 1.54) is 6.07 Å². The highest BCUT2D eigenvalue weighted by molar-refractivity contribution is 6.29. The molecule has 0 saturated carbocycles. The van der Waals surface area contributed by atoms with Crippen molar-refractivity contribution < 1.29 is 13.2 Å². The van der Waals surface area contributed by atoms with Crippen molar-refractivity contribution in [1.29, 1.82) is 0 Å². The first-order valence-electron chi connectivity index (χ1n) is 5.02. The Labute approximate surface area is 109 Å². The Hall–Kier alpha value is -2.02. The molecule has 100 valence electrons. The lowest BCUT2D eigenvalue weighted by Crippen LogP contribution is -2.37. The number of hydrogen-bond donors (Lipinski definition) is 1. The van der Waals surface area contributed by atoms with Crippen molar-refractivity contribution in [3.8, 4) is 0 Å². The maximum atomic E-state index is 13.2. The Balaban J connectivity index is 2.50. The van der Waals surface area contributed by atoms with E-state index in [9.17, 15) is 22.8 Å². The molecule has 0 amide bonds. The number of benzene rings is 1. The molecule has 4 nitrogen and oxygen atoms in total. The van der Waals surface area contributed by atoms with Crippen LogP contribution in [0.4, 0.5) is 13.2 Å². The van der Waals surface area contributed by atoms with Crippen molar-refractivity contribution in [2.75, 3.05) is 0 Å². The lowest BCUT2D eigenvalue weighted by molar-refractivity contribution is 0.505. The minimum absolute atomic E-state index is 0.133. The lowest BCUT2D eigenvalue weighted by atomic mass is 10.2. The molecule has 2 aromatic rings. The van der Waals surface area contributed by atoms with Crippen molar-refractivity contribution in [1.82, 2.24) is 9.55 Å². The Morgan fingerprint density at radius 1 is 1.16 bits per heavy atom. The molecule has 0 aliphatic heterocycles. The van der Waals surface area contributed by atoms with E-state index in [-0.39, 0.29) is 5.56 Å². The van der Waals surface area contributed by atoms with E-state index < -0.39 is 40.4 Å². The van der Waals surface area contributed by atoms with Crippen molar-refractivity contribution >= 4 is 11.6 Å². The van der Waals surface area contributed by atoms with Crippen LogP contribution in [0.25, 0.3) is 0 Å². The van der Waals surface area contributed by atoms with Gasteiger partial charge in [-0.05, 0) is 17.7 Å². The van der Waals surface area contributed by atoms with Crippen molar-refractivity contribution in [3.05, 3.63) is 67.2 Å². The number of aromatic nitrogens is 2. The van der Waals surface area contributed by atoms with Crippen molar-refractivity contribution in [2.45, 2.75) is 6.54 Å². The van der Waals surface area contributed by atoms with Crippen LogP contribution in [-0.4, -0.2) is 9.55 Å².